The molecule has 1 aromatic carbocycles. The van der Waals surface area contributed by atoms with Gasteiger partial charge >= 0.3 is 0 Å². The number of nitrogens with zero attached hydrogens (tertiary/aromatic N) is 1. The van der Waals surface area contributed by atoms with Crippen molar-refractivity contribution < 1.29 is 0 Å². The molecule has 0 aromatic heterocycles. The maximum absolute atomic E-state index is 6.36. The van der Waals surface area contributed by atoms with Gasteiger partial charge in [-0.25, -0.2) is 0 Å². The monoisotopic (exact) mass is 282 g/mol. The fourth-order valence-electron chi connectivity index (χ4n) is 2.21. The smallest absolute Gasteiger partial charge is 0.0459 e. The Morgan fingerprint density at radius 3 is 2.53 bits per heavy atom. The topological polar surface area (TPSA) is 29.3 Å². The molecular weight excluding hydrogens is 256 g/mol. The summed E-state index contributed by atoms with van der Waals surface area (Å²) in [5, 5.41) is 0.831. The van der Waals surface area contributed by atoms with Crippen LogP contribution >= 0.6 is 11.6 Å². The largest absolute Gasteiger partial charge is 0.374 e. The van der Waals surface area contributed by atoms with Crippen LogP contribution in [-0.4, -0.2) is 19.6 Å². The predicted molar refractivity (Wildman–Crippen MR) is 86.1 cm³/mol. The van der Waals surface area contributed by atoms with Gasteiger partial charge < -0.3 is 10.6 Å². The fourth-order valence-corrected chi connectivity index (χ4v) is 2.46. The zero-order chi connectivity index (χ0) is 14.4. The molecule has 2 nitrogen and oxygen atoms in total. The minimum atomic E-state index is 0.177. The number of halogens is 1. The lowest BCUT2D eigenvalue weighted by atomic mass is 10.0. The van der Waals surface area contributed by atoms with Gasteiger partial charge in [0.25, 0.3) is 0 Å². The molecular formula is C16H27ClN2. The van der Waals surface area contributed by atoms with Crippen LogP contribution in [0, 0.1) is 5.92 Å². The van der Waals surface area contributed by atoms with Crippen LogP contribution in [0.25, 0.3) is 0 Å². The van der Waals surface area contributed by atoms with Crippen LogP contribution in [0.3, 0.4) is 0 Å². The normalized spacial score (nSPS) is 14.2. The third-order valence-electron chi connectivity index (χ3n) is 3.78. The third-order valence-corrected chi connectivity index (χ3v) is 4.13. The average Bonchev–Trinajstić information content (AvgIpc) is 2.40. The number of anilines is 1. The van der Waals surface area contributed by atoms with Crippen molar-refractivity contribution in [2.75, 3.05) is 18.5 Å². The van der Waals surface area contributed by atoms with E-state index in [1.54, 1.807) is 0 Å². The molecule has 0 amide bonds. The summed E-state index contributed by atoms with van der Waals surface area (Å²) in [6, 6.07) is 6.30. The van der Waals surface area contributed by atoms with Gasteiger partial charge in [-0.2, -0.15) is 0 Å². The van der Waals surface area contributed by atoms with E-state index in [9.17, 15) is 0 Å². The molecule has 1 rings (SSSR count). The zero-order valence-electron chi connectivity index (χ0n) is 12.6. The van der Waals surface area contributed by atoms with Crippen molar-refractivity contribution >= 4 is 17.3 Å². The molecule has 0 heterocycles. The van der Waals surface area contributed by atoms with E-state index in [0.717, 1.165) is 24.4 Å². The van der Waals surface area contributed by atoms with Crippen molar-refractivity contribution in [3.05, 3.63) is 28.8 Å². The summed E-state index contributed by atoms with van der Waals surface area (Å²) in [6.45, 7) is 7.66. The molecule has 2 unspecified atom stereocenters. The minimum absolute atomic E-state index is 0.177. The molecule has 19 heavy (non-hydrogen) atoms. The number of benzene rings is 1. The van der Waals surface area contributed by atoms with Gasteiger partial charge in [-0.05, 0) is 36.5 Å². The Morgan fingerprint density at radius 2 is 1.95 bits per heavy atom. The summed E-state index contributed by atoms with van der Waals surface area (Å²) in [4.78, 5) is 2.30. The second-order valence-corrected chi connectivity index (χ2v) is 5.91. The molecule has 0 aliphatic carbocycles. The molecule has 2 N–H and O–H groups in total. The van der Waals surface area contributed by atoms with Gasteiger partial charge in [0.15, 0.2) is 0 Å². The molecule has 2 atom stereocenters. The number of nitrogens with two attached hydrogens (primary N) is 1. The summed E-state index contributed by atoms with van der Waals surface area (Å²) in [5.74, 6) is 0.677. The second-order valence-electron chi connectivity index (χ2n) is 5.50. The van der Waals surface area contributed by atoms with Crippen molar-refractivity contribution in [3.8, 4) is 0 Å². The van der Waals surface area contributed by atoms with Gasteiger partial charge in [-0.3, -0.25) is 0 Å². The molecule has 0 bridgehead atoms. The van der Waals surface area contributed by atoms with E-state index in [-0.39, 0.29) is 6.04 Å². The van der Waals surface area contributed by atoms with E-state index in [1.807, 2.05) is 12.1 Å². The Bertz CT molecular complexity index is 392. The molecule has 0 aliphatic rings. The zero-order valence-corrected chi connectivity index (χ0v) is 13.4. The highest BCUT2D eigenvalue weighted by Gasteiger charge is 2.14. The van der Waals surface area contributed by atoms with Crippen molar-refractivity contribution in [2.45, 2.75) is 46.1 Å². The Kier molecular flexibility index (Phi) is 6.67. The van der Waals surface area contributed by atoms with Gasteiger partial charge in [-0.1, -0.05) is 44.9 Å². The lowest BCUT2D eigenvalue weighted by Gasteiger charge is -2.26. The molecule has 0 radical (unpaired) electrons. The fraction of sp³-hybridized carbons (Fsp3) is 0.625. The Morgan fingerprint density at radius 1 is 1.26 bits per heavy atom. The summed E-state index contributed by atoms with van der Waals surface area (Å²) in [6.07, 6.45) is 3.00. The Hall–Kier alpha value is -0.730. The highest BCUT2D eigenvalue weighted by Crippen LogP contribution is 2.29. The molecule has 0 aliphatic heterocycles. The number of hydrogen-bond acceptors (Lipinski definition) is 2. The molecule has 108 valence electrons. The Labute approximate surface area is 122 Å². The number of rotatable bonds is 7. The van der Waals surface area contributed by atoms with E-state index < -0.39 is 0 Å². The Balaban J connectivity index is 2.95. The highest BCUT2D eigenvalue weighted by molar-refractivity contribution is 6.31. The van der Waals surface area contributed by atoms with Crippen LogP contribution in [0.5, 0.6) is 0 Å². The van der Waals surface area contributed by atoms with Crippen LogP contribution in [0.2, 0.25) is 5.02 Å². The van der Waals surface area contributed by atoms with E-state index in [0.29, 0.717) is 5.92 Å². The first-order valence-electron chi connectivity index (χ1n) is 7.23. The minimum Gasteiger partial charge on any atom is -0.374 e. The summed E-state index contributed by atoms with van der Waals surface area (Å²) < 4.78 is 0. The number of hydrogen-bond donors (Lipinski definition) is 1. The van der Waals surface area contributed by atoms with Crippen molar-refractivity contribution in [1.82, 2.24) is 0 Å². The first-order valence-corrected chi connectivity index (χ1v) is 7.61. The van der Waals surface area contributed by atoms with E-state index >= 15 is 0 Å². The van der Waals surface area contributed by atoms with Crippen molar-refractivity contribution in [2.24, 2.45) is 11.7 Å². The lowest BCUT2D eigenvalue weighted by Crippen LogP contribution is -2.27. The van der Waals surface area contributed by atoms with Crippen LogP contribution in [0.4, 0.5) is 5.69 Å². The van der Waals surface area contributed by atoms with E-state index in [4.69, 9.17) is 17.3 Å². The first-order chi connectivity index (χ1) is 8.99. The van der Waals surface area contributed by atoms with Crippen molar-refractivity contribution in [3.63, 3.8) is 0 Å². The molecule has 0 saturated carbocycles. The quantitative estimate of drug-likeness (QED) is 0.816. The van der Waals surface area contributed by atoms with Crippen LogP contribution < -0.4 is 10.6 Å². The molecule has 1 aromatic rings. The van der Waals surface area contributed by atoms with Crippen LogP contribution in [-0.2, 0) is 6.42 Å². The van der Waals surface area contributed by atoms with Gasteiger partial charge in [0, 0.05) is 30.3 Å². The van der Waals surface area contributed by atoms with Crippen LogP contribution in [0.1, 0.15) is 39.2 Å². The lowest BCUT2D eigenvalue weighted by molar-refractivity contribution is 0.558. The molecule has 0 spiro atoms. The third kappa shape index (κ3) is 4.70. The highest BCUT2D eigenvalue weighted by atomic mass is 35.5. The molecule has 0 saturated heterocycles. The van der Waals surface area contributed by atoms with Crippen LogP contribution in [0.15, 0.2) is 18.2 Å². The van der Waals surface area contributed by atoms with E-state index in [1.165, 1.54) is 17.7 Å². The van der Waals surface area contributed by atoms with Gasteiger partial charge in [0.2, 0.25) is 0 Å². The maximum atomic E-state index is 6.36. The molecule has 3 heteroatoms. The predicted octanol–water partition coefficient (Wildman–Crippen LogP) is 4.10. The summed E-state index contributed by atoms with van der Waals surface area (Å²) in [5.41, 5.74) is 8.50. The molecule has 0 fully saturated rings. The first kappa shape index (κ1) is 16.3. The summed E-state index contributed by atoms with van der Waals surface area (Å²) >= 11 is 6.36. The van der Waals surface area contributed by atoms with Crippen molar-refractivity contribution in [1.29, 1.82) is 0 Å². The van der Waals surface area contributed by atoms with Gasteiger partial charge in [0.1, 0.15) is 0 Å². The SMILES string of the molecule is CCC(C)CN(C)c1cccc(Cl)c1CC(N)CC. The average molecular weight is 283 g/mol. The van der Waals surface area contributed by atoms with Gasteiger partial charge in [0.05, 0.1) is 0 Å². The second kappa shape index (κ2) is 7.76. The maximum Gasteiger partial charge on any atom is 0.0459 e. The van der Waals surface area contributed by atoms with Gasteiger partial charge in [-0.15, -0.1) is 0 Å². The summed E-state index contributed by atoms with van der Waals surface area (Å²) in [7, 11) is 2.14. The standard InChI is InChI=1S/C16H27ClN2/c1-5-12(3)11-19(4)16-9-7-8-15(17)14(16)10-13(18)6-2/h7-9,12-13H,5-6,10-11,18H2,1-4H3. The van der Waals surface area contributed by atoms with E-state index in [2.05, 4.69) is 38.8 Å².